The fraction of sp³-hybridized carbons (Fsp3) is 0.278. The molecule has 1 amide bonds. The van der Waals surface area contributed by atoms with Crippen LogP contribution in [0, 0.1) is 6.92 Å². The molecular formula is C18H16Cl2N4OS2. The highest BCUT2D eigenvalue weighted by molar-refractivity contribution is 7.24. The minimum absolute atomic E-state index is 0.0441. The number of aryl methyl sites for hydroxylation is 1. The van der Waals surface area contributed by atoms with Crippen molar-refractivity contribution < 1.29 is 4.79 Å². The molecule has 0 saturated carbocycles. The Morgan fingerprint density at radius 3 is 2.48 bits per heavy atom. The van der Waals surface area contributed by atoms with Crippen molar-refractivity contribution in [2.45, 2.75) is 6.92 Å². The number of thiophene rings is 1. The van der Waals surface area contributed by atoms with Crippen LogP contribution in [0.4, 0.5) is 5.82 Å². The lowest BCUT2D eigenvalue weighted by atomic mass is 10.2. The number of aromatic nitrogens is 2. The molecule has 0 aliphatic carbocycles. The first-order valence-corrected chi connectivity index (χ1v) is 10.8. The first-order chi connectivity index (χ1) is 13.0. The summed E-state index contributed by atoms with van der Waals surface area (Å²) in [4.78, 5) is 27.7. The highest BCUT2D eigenvalue weighted by atomic mass is 35.5. The van der Waals surface area contributed by atoms with E-state index in [0.717, 1.165) is 38.8 Å². The molecule has 4 rings (SSSR count). The number of carbonyl (C=O) groups excluding carboxylic acids is 1. The van der Waals surface area contributed by atoms with Crippen molar-refractivity contribution in [3.05, 3.63) is 50.4 Å². The highest BCUT2D eigenvalue weighted by Crippen LogP contribution is 2.35. The molecule has 0 atom stereocenters. The Hall–Kier alpha value is -1.67. The summed E-state index contributed by atoms with van der Waals surface area (Å²) in [7, 11) is 0. The van der Waals surface area contributed by atoms with Crippen LogP contribution in [0.15, 0.2) is 30.5 Å². The molecule has 4 heterocycles. The number of hydrogen-bond acceptors (Lipinski definition) is 6. The van der Waals surface area contributed by atoms with Gasteiger partial charge < -0.3 is 9.80 Å². The van der Waals surface area contributed by atoms with Gasteiger partial charge in [-0.05, 0) is 31.2 Å². The van der Waals surface area contributed by atoms with E-state index in [1.165, 1.54) is 22.7 Å². The Morgan fingerprint density at radius 2 is 1.85 bits per heavy atom. The van der Waals surface area contributed by atoms with Crippen LogP contribution in [0.2, 0.25) is 9.36 Å². The lowest BCUT2D eigenvalue weighted by molar-refractivity contribution is 0.0750. The molecule has 0 spiro atoms. The van der Waals surface area contributed by atoms with Gasteiger partial charge in [0.15, 0.2) is 0 Å². The van der Waals surface area contributed by atoms with E-state index in [-0.39, 0.29) is 5.91 Å². The van der Waals surface area contributed by atoms with Gasteiger partial charge in [0.25, 0.3) is 5.91 Å². The Labute approximate surface area is 175 Å². The van der Waals surface area contributed by atoms with Gasteiger partial charge in [-0.15, -0.1) is 22.7 Å². The third-order valence-corrected chi connectivity index (χ3v) is 7.15. The molecule has 27 heavy (non-hydrogen) atoms. The summed E-state index contributed by atoms with van der Waals surface area (Å²) in [6.07, 6.45) is 1.65. The average molecular weight is 439 g/mol. The molecule has 1 aliphatic rings. The number of pyridine rings is 1. The predicted molar refractivity (Wildman–Crippen MR) is 113 cm³/mol. The molecular weight excluding hydrogens is 423 g/mol. The molecule has 0 bridgehead atoms. The van der Waals surface area contributed by atoms with Crippen molar-refractivity contribution in [1.82, 2.24) is 14.9 Å². The van der Waals surface area contributed by atoms with Crippen molar-refractivity contribution in [3.63, 3.8) is 0 Å². The molecule has 0 unspecified atom stereocenters. The number of carbonyl (C=O) groups is 1. The summed E-state index contributed by atoms with van der Waals surface area (Å²) in [6.45, 7) is 4.68. The summed E-state index contributed by atoms with van der Waals surface area (Å²) < 4.78 is 0.720. The first-order valence-electron chi connectivity index (χ1n) is 8.40. The number of nitrogens with zero attached hydrogens (tertiary/aromatic N) is 4. The van der Waals surface area contributed by atoms with Crippen LogP contribution >= 0.6 is 45.9 Å². The van der Waals surface area contributed by atoms with Gasteiger partial charge in [-0.3, -0.25) is 4.79 Å². The van der Waals surface area contributed by atoms with E-state index < -0.39 is 0 Å². The molecule has 0 N–H and O–H groups in total. The number of thiazole rings is 1. The van der Waals surface area contributed by atoms with Crippen LogP contribution in [-0.4, -0.2) is 47.0 Å². The van der Waals surface area contributed by atoms with Gasteiger partial charge >= 0.3 is 0 Å². The van der Waals surface area contributed by atoms with E-state index in [4.69, 9.17) is 23.2 Å². The van der Waals surface area contributed by atoms with E-state index in [2.05, 4.69) is 14.9 Å². The highest BCUT2D eigenvalue weighted by Gasteiger charge is 2.26. The van der Waals surface area contributed by atoms with E-state index in [0.29, 0.717) is 23.0 Å². The second-order valence-electron chi connectivity index (χ2n) is 6.15. The monoisotopic (exact) mass is 438 g/mol. The third kappa shape index (κ3) is 3.96. The summed E-state index contributed by atoms with van der Waals surface area (Å²) in [5.74, 6) is 0.931. The van der Waals surface area contributed by atoms with Crippen LogP contribution in [0.25, 0.3) is 9.88 Å². The second kappa shape index (κ2) is 7.75. The number of rotatable bonds is 3. The maximum Gasteiger partial charge on any atom is 0.265 e. The van der Waals surface area contributed by atoms with Crippen LogP contribution in [0.5, 0.6) is 0 Å². The molecule has 140 valence electrons. The minimum Gasteiger partial charge on any atom is -0.353 e. The largest absolute Gasteiger partial charge is 0.353 e. The quantitative estimate of drug-likeness (QED) is 0.586. The molecule has 1 saturated heterocycles. The van der Waals surface area contributed by atoms with Crippen molar-refractivity contribution in [2.24, 2.45) is 0 Å². The molecule has 5 nitrogen and oxygen atoms in total. The summed E-state index contributed by atoms with van der Waals surface area (Å²) in [5, 5.41) is 1.47. The molecule has 1 fully saturated rings. The molecule has 3 aromatic heterocycles. The van der Waals surface area contributed by atoms with Crippen LogP contribution in [-0.2, 0) is 0 Å². The SMILES string of the molecule is Cc1nc(-c2ccc(Cl)s2)sc1C(=O)N1CCN(c2ccc(Cl)cn2)CC1. The van der Waals surface area contributed by atoms with Crippen molar-refractivity contribution in [1.29, 1.82) is 0 Å². The maximum atomic E-state index is 13.0. The molecule has 0 radical (unpaired) electrons. The predicted octanol–water partition coefficient (Wildman–Crippen LogP) is 4.84. The lowest BCUT2D eigenvalue weighted by Gasteiger charge is -2.35. The summed E-state index contributed by atoms with van der Waals surface area (Å²) >= 11 is 14.8. The summed E-state index contributed by atoms with van der Waals surface area (Å²) in [5.41, 5.74) is 0.770. The number of halogens is 2. The zero-order chi connectivity index (χ0) is 19.0. The molecule has 9 heteroatoms. The van der Waals surface area contributed by atoms with E-state index >= 15 is 0 Å². The van der Waals surface area contributed by atoms with Gasteiger partial charge in [-0.1, -0.05) is 23.2 Å². The van der Waals surface area contributed by atoms with Crippen LogP contribution in [0.1, 0.15) is 15.4 Å². The second-order valence-corrected chi connectivity index (χ2v) is 9.30. The fourth-order valence-corrected chi connectivity index (χ4v) is 5.21. The van der Waals surface area contributed by atoms with E-state index in [9.17, 15) is 4.79 Å². The summed E-state index contributed by atoms with van der Waals surface area (Å²) in [6, 6.07) is 7.53. The average Bonchev–Trinajstić information content (AvgIpc) is 3.28. The van der Waals surface area contributed by atoms with Crippen molar-refractivity contribution in [3.8, 4) is 9.88 Å². The van der Waals surface area contributed by atoms with Crippen LogP contribution < -0.4 is 4.90 Å². The maximum absolute atomic E-state index is 13.0. The zero-order valence-electron chi connectivity index (χ0n) is 14.5. The van der Waals surface area contributed by atoms with Crippen molar-refractivity contribution >= 4 is 57.6 Å². The fourth-order valence-electron chi connectivity index (χ4n) is 2.97. The molecule has 1 aliphatic heterocycles. The van der Waals surface area contributed by atoms with E-state index in [1.54, 1.807) is 6.20 Å². The molecule has 3 aromatic rings. The molecule has 0 aromatic carbocycles. The third-order valence-electron chi connectivity index (χ3n) is 4.38. The van der Waals surface area contributed by atoms with Crippen molar-refractivity contribution in [2.75, 3.05) is 31.1 Å². The number of hydrogen-bond donors (Lipinski definition) is 0. The Kier molecular flexibility index (Phi) is 5.36. The lowest BCUT2D eigenvalue weighted by Crippen LogP contribution is -2.49. The Morgan fingerprint density at radius 1 is 1.07 bits per heavy atom. The number of piperazine rings is 1. The number of amides is 1. The Bertz CT molecular complexity index is 962. The van der Waals surface area contributed by atoms with Gasteiger partial charge in [-0.2, -0.15) is 0 Å². The van der Waals surface area contributed by atoms with E-state index in [1.807, 2.05) is 36.1 Å². The van der Waals surface area contributed by atoms with Gasteiger partial charge in [0.05, 0.1) is 19.9 Å². The first kappa shape index (κ1) is 18.7. The number of anilines is 1. The normalized spacial score (nSPS) is 14.6. The minimum atomic E-state index is 0.0441. The zero-order valence-corrected chi connectivity index (χ0v) is 17.6. The standard InChI is InChI=1S/C18H16Cl2N4OS2/c1-11-16(27-17(22-11)13-3-4-14(20)26-13)18(25)24-8-6-23(7-9-24)15-5-2-12(19)10-21-15/h2-5,10H,6-9H2,1H3. The van der Waals surface area contributed by atoms with Gasteiger partial charge in [0.2, 0.25) is 0 Å². The van der Waals surface area contributed by atoms with Gasteiger partial charge in [0, 0.05) is 32.4 Å². The van der Waals surface area contributed by atoms with Gasteiger partial charge in [0.1, 0.15) is 15.7 Å². The topological polar surface area (TPSA) is 49.3 Å². The smallest absolute Gasteiger partial charge is 0.265 e. The van der Waals surface area contributed by atoms with Gasteiger partial charge in [-0.25, -0.2) is 9.97 Å². The van der Waals surface area contributed by atoms with Crippen LogP contribution in [0.3, 0.4) is 0 Å². The Balaban J connectivity index is 1.45.